The van der Waals surface area contributed by atoms with Crippen LogP contribution in [0.4, 0.5) is 0 Å². The maximum Gasteiger partial charge on any atom is 0.240 e. The van der Waals surface area contributed by atoms with Crippen molar-refractivity contribution in [3.63, 3.8) is 0 Å². The van der Waals surface area contributed by atoms with Gasteiger partial charge in [0.05, 0.1) is 12.6 Å². The lowest BCUT2D eigenvalue weighted by Gasteiger charge is -2.20. The Kier molecular flexibility index (Phi) is 4.24. The van der Waals surface area contributed by atoms with Gasteiger partial charge in [-0.1, -0.05) is 11.2 Å². The highest BCUT2D eigenvalue weighted by Crippen LogP contribution is 2.13. The first-order valence-electron chi connectivity index (χ1n) is 7.20. The normalized spacial score (nSPS) is 13.9. The largest absolute Gasteiger partial charge is 0.337 e. The van der Waals surface area contributed by atoms with E-state index in [9.17, 15) is 0 Å². The van der Waals surface area contributed by atoms with Crippen LogP contribution in [-0.4, -0.2) is 30.9 Å². The fourth-order valence-corrected chi connectivity index (χ4v) is 2.10. The molecule has 3 rings (SSSR count). The summed E-state index contributed by atoms with van der Waals surface area (Å²) in [5.74, 6) is 1.05. The predicted octanol–water partition coefficient (Wildman–Crippen LogP) is 2.07. The summed E-state index contributed by atoms with van der Waals surface area (Å²) in [5, 5.41) is 11.6. The summed E-state index contributed by atoms with van der Waals surface area (Å²) in [5.41, 5.74) is 0.704. The number of pyridine rings is 1. The first-order valence-corrected chi connectivity index (χ1v) is 7.20. The van der Waals surface area contributed by atoms with Gasteiger partial charge in [-0.2, -0.15) is 10.1 Å². The molecule has 0 aromatic carbocycles. The van der Waals surface area contributed by atoms with Gasteiger partial charge in [-0.05, 0) is 32.0 Å². The van der Waals surface area contributed by atoms with Crippen molar-refractivity contribution in [2.24, 2.45) is 0 Å². The topological polar surface area (TPSA) is 81.7 Å². The summed E-state index contributed by atoms with van der Waals surface area (Å²) in [4.78, 5) is 8.55. The molecule has 7 nitrogen and oxygen atoms in total. The van der Waals surface area contributed by atoms with E-state index in [0.29, 0.717) is 24.0 Å². The van der Waals surface area contributed by atoms with E-state index in [1.54, 1.807) is 12.4 Å². The minimum Gasteiger partial charge on any atom is -0.337 e. The third-order valence-corrected chi connectivity index (χ3v) is 3.60. The molecule has 0 saturated heterocycles. The zero-order valence-electron chi connectivity index (χ0n) is 12.5. The zero-order chi connectivity index (χ0) is 15.4. The van der Waals surface area contributed by atoms with Crippen LogP contribution in [0.3, 0.4) is 0 Å². The van der Waals surface area contributed by atoms with E-state index in [-0.39, 0.29) is 12.1 Å². The van der Waals surface area contributed by atoms with Crippen LogP contribution in [0.5, 0.6) is 0 Å². The van der Waals surface area contributed by atoms with Gasteiger partial charge < -0.3 is 9.84 Å². The van der Waals surface area contributed by atoms with Crippen molar-refractivity contribution >= 4 is 0 Å². The second-order valence-electron chi connectivity index (χ2n) is 5.12. The van der Waals surface area contributed by atoms with Crippen LogP contribution in [0.1, 0.15) is 25.8 Å². The average molecular weight is 298 g/mol. The lowest BCUT2D eigenvalue weighted by Crippen LogP contribution is -2.33. The minimum atomic E-state index is 0.213. The molecule has 0 aliphatic heterocycles. The van der Waals surface area contributed by atoms with Crippen LogP contribution in [0.25, 0.3) is 11.5 Å². The average Bonchev–Trinajstić information content (AvgIpc) is 3.24. The number of hydrogen-bond acceptors (Lipinski definition) is 6. The molecule has 0 bridgehead atoms. The van der Waals surface area contributed by atoms with E-state index in [1.807, 2.05) is 35.1 Å². The van der Waals surface area contributed by atoms with Crippen LogP contribution in [0.2, 0.25) is 0 Å². The molecular formula is C15H18N6O. The Morgan fingerprint density at radius 3 is 2.86 bits per heavy atom. The second kappa shape index (κ2) is 6.48. The van der Waals surface area contributed by atoms with E-state index >= 15 is 0 Å². The molecule has 0 spiro atoms. The van der Waals surface area contributed by atoms with Crippen molar-refractivity contribution in [2.45, 2.75) is 32.5 Å². The number of nitrogens with one attached hydrogen (secondary N) is 1. The second-order valence-corrected chi connectivity index (χ2v) is 5.12. The highest BCUT2D eigenvalue weighted by Gasteiger charge is 2.15. The fourth-order valence-electron chi connectivity index (χ4n) is 2.10. The Labute approximate surface area is 128 Å². The molecule has 0 unspecified atom stereocenters. The van der Waals surface area contributed by atoms with Crippen molar-refractivity contribution < 1.29 is 4.52 Å². The lowest BCUT2D eigenvalue weighted by atomic mass is 10.2. The third kappa shape index (κ3) is 3.20. The summed E-state index contributed by atoms with van der Waals surface area (Å²) >= 11 is 0. The zero-order valence-corrected chi connectivity index (χ0v) is 12.5. The van der Waals surface area contributed by atoms with Crippen molar-refractivity contribution in [1.29, 1.82) is 0 Å². The molecule has 0 aliphatic carbocycles. The fraction of sp³-hybridized carbons (Fsp3) is 0.333. The molecule has 0 fully saturated rings. The maximum absolute atomic E-state index is 5.25. The smallest absolute Gasteiger partial charge is 0.240 e. The summed E-state index contributed by atoms with van der Waals surface area (Å²) in [6, 6.07) is 7.96. The Morgan fingerprint density at radius 1 is 1.23 bits per heavy atom. The van der Waals surface area contributed by atoms with Gasteiger partial charge in [0.15, 0.2) is 0 Å². The Morgan fingerprint density at radius 2 is 2.14 bits per heavy atom. The third-order valence-electron chi connectivity index (χ3n) is 3.60. The van der Waals surface area contributed by atoms with Crippen LogP contribution in [-0.2, 0) is 6.54 Å². The number of nitrogens with zero attached hydrogens (tertiary/aromatic N) is 5. The highest BCUT2D eigenvalue weighted by atomic mass is 16.5. The van der Waals surface area contributed by atoms with Gasteiger partial charge in [0.1, 0.15) is 5.69 Å². The first kappa shape index (κ1) is 14.4. The van der Waals surface area contributed by atoms with Crippen LogP contribution in [0, 0.1) is 0 Å². The molecule has 2 atom stereocenters. The van der Waals surface area contributed by atoms with E-state index in [1.165, 1.54) is 0 Å². The molecule has 3 aromatic rings. The Hall–Kier alpha value is -2.54. The van der Waals surface area contributed by atoms with E-state index < -0.39 is 0 Å². The van der Waals surface area contributed by atoms with E-state index in [4.69, 9.17) is 4.52 Å². The van der Waals surface area contributed by atoms with Crippen molar-refractivity contribution in [1.82, 2.24) is 30.2 Å². The molecule has 114 valence electrons. The monoisotopic (exact) mass is 298 g/mol. The molecule has 22 heavy (non-hydrogen) atoms. The number of aromatic nitrogens is 5. The van der Waals surface area contributed by atoms with Gasteiger partial charge in [0.2, 0.25) is 11.7 Å². The van der Waals surface area contributed by atoms with Gasteiger partial charge in [0.25, 0.3) is 0 Å². The van der Waals surface area contributed by atoms with Gasteiger partial charge in [0, 0.05) is 24.6 Å². The van der Waals surface area contributed by atoms with Gasteiger partial charge in [-0.15, -0.1) is 0 Å². The van der Waals surface area contributed by atoms with E-state index in [0.717, 1.165) is 0 Å². The van der Waals surface area contributed by atoms with E-state index in [2.05, 4.69) is 39.4 Å². The van der Waals surface area contributed by atoms with Gasteiger partial charge in [-0.3, -0.25) is 9.67 Å². The maximum atomic E-state index is 5.25. The lowest BCUT2D eigenvalue weighted by molar-refractivity contribution is 0.325. The first-order chi connectivity index (χ1) is 10.7. The highest BCUT2D eigenvalue weighted by molar-refractivity contribution is 5.46. The van der Waals surface area contributed by atoms with Crippen molar-refractivity contribution in [2.75, 3.05) is 0 Å². The molecule has 7 heteroatoms. The summed E-state index contributed by atoms with van der Waals surface area (Å²) in [6.45, 7) is 4.72. The molecule has 3 heterocycles. The number of hydrogen-bond donors (Lipinski definition) is 1. The minimum absolute atomic E-state index is 0.213. The molecule has 0 saturated carbocycles. The molecule has 0 radical (unpaired) electrons. The molecule has 3 aromatic heterocycles. The molecule has 0 amide bonds. The SMILES string of the molecule is C[C@H](NCc1nc(-c2ccccn2)no1)[C@H](C)n1cccn1. The summed E-state index contributed by atoms with van der Waals surface area (Å²) in [7, 11) is 0. The predicted molar refractivity (Wildman–Crippen MR) is 80.8 cm³/mol. The van der Waals surface area contributed by atoms with Crippen LogP contribution in [0.15, 0.2) is 47.4 Å². The van der Waals surface area contributed by atoms with Crippen LogP contribution >= 0.6 is 0 Å². The number of rotatable bonds is 6. The standard InChI is InChI=1S/C15H18N6O/c1-11(12(2)21-9-5-8-18-21)17-10-14-19-15(20-22-14)13-6-3-4-7-16-13/h3-9,11-12,17H,10H2,1-2H3/t11-,12-/m0/s1. The molecule has 0 aliphatic rings. The van der Waals surface area contributed by atoms with Crippen molar-refractivity contribution in [3.8, 4) is 11.5 Å². The summed E-state index contributed by atoms with van der Waals surface area (Å²) in [6.07, 6.45) is 5.44. The quantitative estimate of drug-likeness (QED) is 0.750. The van der Waals surface area contributed by atoms with Crippen LogP contribution < -0.4 is 5.32 Å². The van der Waals surface area contributed by atoms with Gasteiger partial charge in [-0.25, -0.2) is 0 Å². The Bertz CT molecular complexity index is 694. The van der Waals surface area contributed by atoms with Crippen molar-refractivity contribution in [3.05, 3.63) is 48.7 Å². The summed E-state index contributed by atoms with van der Waals surface area (Å²) < 4.78 is 7.18. The molecular weight excluding hydrogens is 280 g/mol. The van der Waals surface area contributed by atoms with Gasteiger partial charge >= 0.3 is 0 Å². The molecule has 1 N–H and O–H groups in total. The Balaban J connectivity index is 1.59.